The molecule has 2 aliphatic heterocycles. The number of thioether (sulfide) groups is 1. The molecule has 1 saturated carbocycles. The third kappa shape index (κ3) is 3.62. The van der Waals surface area contributed by atoms with Crippen molar-refractivity contribution in [2.45, 2.75) is 43.0 Å². The lowest BCUT2D eigenvalue weighted by Gasteiger charge is -2.44. The van der Waals surface area contributed by atoms with E-state index < -0.39 is 0 Å². The van der Waals surface area contributed by atoms with Gasteiger partial charge in [0, 0.05) is 44.3 Å². The van der Waals surface area contributed by atoms with Crippen molar-refractivity contribution in [3.63, 3.8) is 0 Å². The summed E-state index contributed by atoms with van der Waals surface area (Å²) in [5, 5.41) is 14.9. The van der Waals surface area contributed by atoms with Crippen LogP contribution in [0.1, 0.15) is 37.8 Å². The topological polar surface area (TPSA) is 104 Å². The molecule has 2 N–H and O–H groups in total. The molecule has 34 heavy (non-hydrogen) atoms. The highest BCUT2D eigenvalue weighted by Crippen LogP contribution is 2.46. The number of hydrogen-bond acceptors (Lipinski definition) is 8. The maximum absolute atomic E-state index is 12.0. The van der Waals surface area contributed by atoms with Gasteiger partial charge in [-0.2, -0.15) is 10.4 Å². The molecule has 1 aromatic heterocycles. The third-order valence-corrected chi connectivity index (χ3v) is 9.09. The molecule has 1 aliphatic carbocycles. The van der Waals surface area contributed by atoms with Crippen LogP contribution in [0.2, 0.25) is 5.02 Å². The van der Waals surface area contributed by atoms with Gasteiger partial charge in [-0.1, -0.05) is 29.8 Å². The number of nitrogens with two attached hydrogens (primary N) is 1. The van der Waals surface area contributed by atoms with Crippen molar-refractivity contribution in [2.24, 2.45) is 23.2 Å². The van der Waals surface area contributed by atoms with Gasteiger partial charge >= 0.3 is 0 Å². The summed E-state index contributed by atoms with van der Waals surface area (Å²) in [6.45, 7) is 1.75. The molecular weight excluding hydrogens is 470 g/mol. The average molecular weight is 496 g/mol. The first kappa shape index (κ1) is 23.0. The van der Waals surface area contributed by atoms with E-state index in [1.54, 1.807) is 18.1 Å². The highest BCUT2D eigenvalue weighted by atomic mass is 35.5. The van der Waals surface area contributed by atoms with E-state index in [0.717, 1.165) is 43.2 Å². The molecule has 5 rings (SSSR count). The number of piperidine rings is 1. The van der Waals surface area contributed by atoms with Crippen molar-refractivity contribution in [1.82, 2.24) is 19.6 Å². The molecule has 2 aromatic rings. The Labute approximate surface area is 207 Å². The van der Waals surface area contributed by atoms with Crippen LogP contribution in [0.5, 0.6) is 0 Å². The van der Waals surface area contributed by atoms with Crippen molar-refractivity contribution in [1.29, 1.82) is 5.26 Å². The van der Waals surface area contributed by atoms with Crippen molar-refractivity contribution in [2.75, 3.05) is 20.1 Å². The Kier molecular flexibility index (Phi) is 5.95. The predicted molar refractivity (Wildman–Crippen MR) is 134 cm³/mol. The molecule has 10 heteroatoms. The molecule has 3 aliphatic rings. The maximum Gasteiger partial charge on any atom is 0.206 e. The van der Waals surface area contributed by atoms with Gasteiger partial charge < -0.3 is 15.5 Å². The van der Waals surface area contributed by atoms with E-state index in [9.17, 15) is 10.1 Å². The third-order valence-electron chi connectivity index (χ3n) is 7.51. The van der Waals surface area contributed by atoms with Gasteiger partial charge in [0.05, 0.1) is 20.8 Å². The zero-order chi connectivity index (χ0) is 24.0. The van der Waals surface area contributed by atoms with Crippen LogP contribution in [0.25, 0.3) is 10.9 Å². The molecule has 0 unspecified atom stereocenters. The number of aryl methyl sites for hydroxylation is 1. The molecule has 176 valence electrons. The maximum atomic E-state index is 12.0. The molecule has 0 radical (unpaired) electrons. The van der Waals surface area contributed by atoms with Crippen molar-refractivity contribution < 1.29 is 4.79 Å². The summed E-state index contributed by atoms with van der Waals surface area (Å²) in [4.78, 5) is 22.1. The number of nitrogens with zero attached hydrogens (tertiary/aromatic N) is 6. The summed E-state index contributed by atoms with van der Waals surface area (Å²) in [5.41, 5.74) is 8.16. The zero-order valence-corrected chi connectivity index (χ0v) is 20.8. The van der Waals surface area contributed by atoms with Crippen molar-refractivity contribution in [3.05, 3.63) is 39.7 Å². The number of likely N-dealkylation sites (tertiary alicyclic amines) is 1. The van der Waals surface area contributed by atoms with Crippen LogP contribution in [-0.2, 0) is 11.8 Å². The molecule has 2 fully saturated rings. The van der Waals surface area contributed by atoms with E-state index in [-0.39, 0.29) is 11.5 Å². The summed E-state index contributed by atoms with van der Waals surface area (Å²) in [6.07, 6.45) is 7.35. The van der Waals surface area contributed by atoms with Gasteiger partial charge in [0.15, 0.2) is 5.94 Å². The van der Waals surface area contributed by atoms with Crippen LogP contribution in [-0.4, -0.2) is 57.7 Å². The van der Waals surface area contributed by atoms with Gasteiger partial charge in [0.25, 0.3) is 0 Å². The Morgan fingerprint density at radius 2 is 2.03 bits per heavy atom. The number of nitriles is 1. The Bertz CT molecular complexity index is 1310. The van der Waals surface area contributed by atoms with Crippen molar-refractivity contribution in [3.8, 4) is 6.07 Å². The first-order chi connectivity index (χ1) is 16.4. The molecule has 3 heterocycles. The number of aromatic nitrogens is 2. The van der Waals surface area contributed by atoms with Gasteiger partial charge in [-0.15, -0.1) is 0 Å². The van der Waals surface area contributed by atoms with E-state index >= 15 is 0 Å². The molecule has 0 amide bonds. The monoisotopic (exact) mass is 495 g/mol. The lowest BCUT2D eigenvalue weighted by atomic mass is 9.74. The molecule has 1 aromatic carbocycles. The van der Waals surface area contributed by atoms with Gasteiger partial charge in [-0.05, 0) is 43.2 Å². The normalized spacial score (nSPS) is 22.1. The highest BCUT2D eigenvalue weighted by Gasteiger charge is 2.44. The van der Waals surface area contributed by atoms with Crippen molar-refractivity contribution >= 4 is 46.2 Å². The summed E-state index contributed by atoms with van der Waals surface area (Å²) in [5.74, 6) is 2.85. The summed E-state index contributed by atoms with van der Waals surface area (Å²) >= 11 is 8.01. The highest BCUT2D eigenvalue weighted by molar-refractivity contribution is 8.03. The minimum Gasteiger partial charge on any atom is -0.342 e. The number of benzene rings is 1. The molecule has 0 bridgehead atoms. The minimum absolute atomic E-state index is 0.258. The summed E-state index contributed by atoms with van der Waals surface area (Å²) in [6, 6.07) is 6.13. The minimum atomic E-state index is 0.258. The van der Waals surface area contributed by atoms with Gasteiger partial charge in [0.1, 0.15) is 17.5 Å². The molecule has 1 saturated heterocycles. The molecular formula is C24H26ClN7OS. The van der Waals surface area contributed by atoms with Crippen LogP contribution >= 0.6 is 23.4 Å². The Balaban J connectivity index is 1.41. The second-order valence-electron chi connectivity index (χ2n) is 9.24. The predicted octanol–water partition coefficient (Wildman–Crippen LogP) is 3.64. The second kappa shape index (κ2) is 8.79. The van der Waals surface area contributed by atoms with E-state index in [4.69, 9.17) is 22.3 Å². The zero-order valence-electron chi connectivity index (χ0n) is 19.2. The van der Waals surface area contributed by atoms with Crippen LogP contribution in [0.3, 0.4) is 0 Å². The van der Waals surface area contributed by atoms with Gasteiger partial charge in [-0.3, -0.25) is 4.68 Å². The Hall–Kier alpha value is -2.76. The van der Waals surface area contributed by atoms with Crippen LogP contribution in [0.4, 0.5) is 0 Å². The molecule has 8 nitrogen and oxygen atoms in total. The first-order valence-corrected chi connectivity index (χ1v) is 12.6. The van der Waals surface area contributed by atoms with E-state index in [1.165, 1.54) is 29.3 Å². The second-order valence-corrected chi connectivity index (χ2v) is 10.7. The van der Waals surface area contributed by atoms with Crippen LogP contribution < -0.4 is 5.73 Å². The number of guanidine groups is 1. The largest absolute Gasteiger partial charge is 0.342 e. The standard InChI is InChI=1S/C24H26ClN7OS/c1-30-17(14-33)19(34-18-6-5-15-21(22(18)25)16(12-26)31(2)29-15)13-28-23(30)32-10-8-24(9-11-32)7-3-4-20(24)27/h5-6,13,20H,3-4,7-11,27H2,1-2H3/t20-/m1/s1. The number of halogens is 1. The fourth-order valence-electron chi connectivity index (χ4n) is 5.51. The van der Waals surface area contributed by atoms with Crippen LogP contribution in [0.15, 0.2) is 38.8 Å². The Morgan fingerprint density at radius 3 is 2.68 bits per heavy atom. The lowest BCUT2D eigenvalue weighted by Crippen LogP contribution is -2.52. The van der Waals surface area contributed by atoms with E-state index in [1.807, 2.05) is 19.2 Å². The number of fused-ring (bicyclic) bond motifs is 1. The average Bonchev–Trinajstić information content (AvgIpc) is 3.35. The number of likely N-dealkylation sites (N-methyl/N-ethyl adjacent to an activating group) is 1. The fourth-order valence-corrected chi connectivity index (χ4v) is 6.82. The molecule has 1 spiro atoms. The van der Waals surface area contributed by atoms with E-state index in [0.29, 0.717) is 32.2 Å². The van der Waals surface area contributed by atoms with Gasteiger partial charge in [-0.25, -0.2) is 9.79 Å². The molecule has 1 atom stereocenters. The SMILES string of the molecule is CN1C(=C=O)C(Sc2ccc3nn(C)c(C#N)c3c2Cl)=CN=C1N1CCC2(CCC[C@H]2N)CC1. The first-order valence-electron chi connectivity index (χ1n) is 11.4. The van der Waals surface area contributed by atoms with Crippen LogP contribution in [0, 0.1) is 16.7 Å². The van der Waals surface area contributed by atoms with E-state index in [2.05, 4.69) is 22.0 Å². The quantitative estimate of drug-likeness (QED) is 0.634. The number of hydrogen-bond donors (Lipinski definition) is 1. The number of rotatable bonds is 2. The fraction of sp³-hybridized carbons (Fsp3) is 0.458. The summed E-state index contributed by atoms with van der Waals surface area (Å²) < 4.78 is 1.52. The lowest BCUT2D eigenvalue weighted by molar-refractivity contribution is 0.129. The number of aliphatic imine (C=N–C) groups is 1. The summed E-state index contributed by atoms with van der Waals surface area (Å²) in [7, 11) is 3.56. The Morgan fingerprint density at radius 1 is 1.26 bits per heavy atom. The smallest absolute Gasteiger partial charge is 0.206 e. The van der Waals surface area contributed by atoms with Gasteiger partial charge in [0.2, 0.25) is 5.96 Å². The number of carbonyl (C=O) groups excluding carboxylic acids is 1.